The first-order chi connectivity index (χ1) is 14.2. The molecule has 5 nitrogen and oxygen atoms in total. The number of hydrogen-bond donors (Lipinski definition) is 1. The zero-order chi connectivity index (χ0) is 20.5. The number of amides is 1. The van der Waals surface area contributed by atoms with Gasteiger partial charge >= 0.3 is 0 Å². The van der Waals surface area contributed by atoms with Gasteiger partial charge in [0.2, 0.25) is 5.91 Å². The van der Waals surface area contributed by atoms with Crippen LogP contribution in [0.2, 0.25) is 0 Å². The molecule has 1 N–H and O–H groups in total. The third-order valence-electron chi connectivity index (χ3n) is 4.14. The number of carbonyl (C=O) groups is 1. The van der Waals surface area contributed by atoms with Crippen molar-refractivity contribution in [3.05, 3.63) is 54.1 Å². The van der Waals surface area contributed by atoms with E-state index in [1.165, 1.54) is 17.4 Å². The average molecular weight is 411 g/mol. The van der Waals surface area contributed by atoms with Crippen molar-refractivity contribution in [1.29, 1.82) is 0 Å². The Labute approximate surface area is 175 Å². The first kappa shape index (κ1) is 20.9. The fourth-order valence-electron chi connectivity index (χ4n) is 2.60. The van der Waals surface area contributed by atoms with Crippen LogP contribution in [0.1, 0.15) is 38.7 Å². The van der Waals surface area contributed by atoms with E-state index in [0.717, 1.165) is 46.5 Å². The number of aromatic nitrogens is 1. The number of nitrogens with zero attached hydrogens (tertiary/aromatic N) is 1. The van der Waals surface area contributed by atoms with E-state index in [9.17, 15) is 4.79 Å². The Balaban J connectivity index is 1.58. The average Bonchev–Trinajstić information content (AvgIpc) is 3.13. The monoisotopic (exact) mass is 410 g/mol. The zero-order valence-corrected chi connectivity index (χ0v) is 17.6. The van der Waals surface area contributed by atoms with Gasteiger partial charge in [0.05, 0.1) is 23.4 Å². The third kappa shape index (κ3) is 6.32. The van der Waals surface area contributed by atoms with Crippen molar-refractivity contribution in [3.8, 4) is 11.5 Å². The van der Waals surface area contributed by atoms with Crippen LogP contribution < -0.4 is 14.8 Å². The maximum Gasteiger partial charge on any atom is 0.250 e. The van der Waals surface area contributed by atoms with Crippen molar-refractivity contribution in [1.82, 2.24) is 4.98 Å². The Morgan fingerprint density at radius 2 is 1.79 bits per heavy atom. The van der Waals surface area contributed by atoms with Crippen LogP contribution in [0.3, 0.4) is 0 Å². The summed E-state index contributed by atoms with van der Waals surface area (Å²) < 4.78 is 12.3. The molecule has 29 heavy (non-hydrogen) atoms. The molecule has 0 aliphatic heterocycles. The number of thiazole rings is 1. The molecule has 3 aromatic rings. The van der Waals surface area contributed by atoms with Gasteiger partial charge in [0.25, 0.3) is 0 Å². The van der Waals surface area contributed by atoms with Crippen LogP contribution in [-0.4, -0.2) is 24.1 Å². The van der Waals surface area contributed by atoms with Crippen LogP contribution in [0.5, 0.6) is 11.5 Å². The maximum atomic E-state index is 12.2. The molecule has 6 heteroatoms. The minimum atomic E-state index is -0.213. The van der Waals surface area contributed by atoms with Gasteiger partial charge in [-0.2, -0.15) is 0 Å². The summed E-state index contributed by atoms with van der Waals surface area (Å²) in [7, 11) is 0. The quantitative estimate of drug-likeness (QED) is 0.333. The molecular formula is C23H26N2O3S. The molecule has 1 aromatic heterocycles. The Morgan fingerprint density at radius 3 is 2.55 bits per heavy atom. The van der Waals surface area contributed by atoms with Gasteiger partial charge in [0.15, 0.2) is 5.13 Å². The van der Waals surface area contributed by atoms with Gasteiger partial charge in [-0.1, -0.05) is 43.7 Å². The SMILES string of the molecule is CCCCOc1ccc2nc(NC(=O)/C=C/c3ccc(OCCC)cc3)sc2c1. The zero-order valence-electron chi connectivity index (χ0n) is 16.8. The molecular weight excluding hydrogens is 384 g/mol. The Kier molecular flexibility index (Phi) is 7.64. The van der Waals surface area contributed by atoms with Gasteiger partial charge < -0.3 is 9.47 Å². The number of rotatable bonds is 10. The van der Waals surface area contributed by atoms with Gasteiger partial charge in [-0.05, 0) is 54.8 Å². The van der Waals surface area contributed by atoms with E-state index in [0.29, 0.717) is 18.3 Å². The normalized spacial score (nSPS) is 11.1. The predicted molar refractivity (Wildman–Crippen MR) is 120 cm³/mol. The van der Waals surface area contributed by atoms with Crippen molar-refractivity contribution >= 4 is 38.7 Å². The first-order valence-corrected chi connectivity index (χ1v) is 10.7. The number of unbranched alkanes of at least 4 members (excludes halogenated alkanes) is 1. The standard InChI is InChI=1S/C23H26N2O3S/c1-3-5-15-28-19-11-12-20-21(16-19)29-23(24-20)25-22(26)13-8-17-6-9-18(10-7-17)27-14-4-2/h6-13,16H,3-5,14-15H2,1-2H3,(H,24,25,26)/b13-8+. The topological polar surface area (TPSA) is 60.5 Å². The van der Waals surface area contributed by atoms with Crippen molar-refractivity contribution in [2.75, 3.05) is 18.5 Å². The number of fused-ring (bicyclic) bond motifs is 1. The fraction of sp³-hybridized carbons (Fsp3) is 0.304. The highest BCUT2D eigenvalue weighted by atomic mass is 32.1. The molecule has 0 fully saturated rings. The summed E-state index contributed by atoms with van der Waals surface area (Å²) in [5.74, 6) is 1.45. The van der Waals surface area contributed by atoms with E-state index in [1.54, 1.807) is 6.08 Å². The molecule has 0 bridgehead atoms. The summed E-state index contributed by atoms with van der Waals surface area (Å²) in [4.78, 5) is 16.7. The highest BCUT2D eigenvalue weighted by Gasteiger charge is 2.07. The smallest absolute Gasteiger partial charge is 0.250 e. The van der Waals surface area contributed by atoms with Crippen LogP contribution in [0, 0.1) is 0 Å². The second-order valence-corrected chi connectivity index (χ2v) is 7.62. The molecule has 0 atom stereocenters. The molecule has 3 rings (SSSR count). The molecule has 0 saturated carbocycles. The van der Waals surface area contributed by atoms with Gasteiger partial charge in [-0.3, -0.25) is 10.1 Å². The van der Waals surface area contributed by atoms with Crippen LogP contribution >= 0.6 is 11.3 Å². The lowest BCUT2D eigenvalue weighted by Gasteiger charge is -2.04. The number of ether oxygens (including phenoxy) is 2. The molecule has 0 aliphatic carbocycles. The second-order valence-electron chi connectivity index (χ2n) is 6.59. The summed E-state index contributed by atoms with van der Waals surface area (Å²) in [5, 5.41) is 3.40. The summed E-state index contributed by atoms with van der Waals surface area (Å²) >= 11 is 1.44. The highest BCUT2D eigenvalue weighted by Crippen LogP contribution is 2.29. The molecule has 0 aliphatic rings. The fourth-order valence-corrected chi connectivity index (χ4v) is 3.49. The number of anilines is 1. The van der Waals surface area contributed by atoms with Gasteiger partial charge in [0.1, 0.15) is 11.5 Å². The minimum absolute atomic E-state index is 0.213. The van der Waals surface area contributed by atoms with Crippen LogP contribution in [0.25, 0.3) is 16.3 Å². The number of benzene rings is 2. The molecule has 0 saturated heterocycles. The van der Waals surface area contributed by atoms with Crippen molar-refractivity contribution < 1.29 is 14.3 Å². The lowest BCUT2D eigenvalue weighted by atomic mass is 10.2. The largest absolute Gasteiger partial charge is 0.494 e. The lowest BCUT2D eigenvalue weighted by molar-refractivity contribution is -0.111. The maximum absolute atomic E-state index is 12.2. The molecule has 152 valence electrons. The number of carbonyl (C=O) groups excluding carboxylic acids is 1. The van der Waals surface area contributed by atoms with Gasteiger partial charge in [0, 0.05) is 6.08 Å². The van der Waals surface area contributed by atoms with E-state index in [2.05, 4.69) is 24.1 Å². The minimum Gasteiger partial charge on any atom is -0.494 e. The van der Waals surface area contributed by atoms with E-state index in [-0.39, 0.29) is 5.91 Å². The Bertz CT molecular complexity index is 964. The summed E-state index contributed by atoms with van der Waals surface area (Å²) in [6.45, 7) is 5.62. The van der Waals surface area contributed by atoms with Gasteiger partial charge in [-0.25, -0.2) is 4.98 Å². The molecule has 2 aromatic carbocycles. The Morgan fingerprint density at radius 1 is 1.03 bits per heavy atom. The van der Waals surface area contributed by atoms with E-state index >= 15 is 0 Å². The number of nitrogens with one attached hydrogen (secondary N) is 1. The Hall–Kier alpha value is -2.86. The second kappa shape index (κ2) is 10.6. The lowest BCUT2D eigenvalue weighted by Crippen LogP contribution is -2.07. The van der Waals surface area contributed by atoms with E-state index < -0.39 is 0 Å². The number of hydrogen-bond acceptors (Lipinski definition) is 5. The van der Waals surface area contributed by atoms with E-state index in [4.69, 9.17) is 9.47 Å². The van der Waals surface area contributed by atoms with Crippen molar-refractivity contribution in [2.24, 2.45) is 0 Å². The summed E-state index contributed by atoms with van der Waals surface area (Å²) in [6, 6.07) is 13.5. The third-order valence-corrected chi connectivity index (χ3v) is 5.07. The highest BCUT2D eigenvalue weighted by molar-refractivity contribution is 7.22. The molecule has 0 unspecified atom stereocenters. The molecule has 1 amide bonds. The van der Waals surface area contributed by atoms with Gasteiger partial charge in [-0.15, -0.1) is 0 Å². The van der Waals surface area contributed by atoms with Crippen LogP contribution in [-0.2, 0) is 4.79 Å². The van der Waals surface area contributed by atoms with E-state index in [1.807, 2.05) is 42.5 Å². The summed E-state index contributed by atoms with van der Waals surface area (Å²) in [5.41, 5.74) is 1.78. The first-order valence-electron chi connectivity index (χ1n) is 9.93. The predicted octanol–water partition coefficient (Wildman–Crippen LogP) is 5.92. The molecule has 1 heterocycles. The van der Waals surface area contributed by atoms with Crippen LogP contribution in [0.4, 0.5) is 5.13 Å². The summed E-state index contributed by atoms with van der Waals surface area (Å²) in [6.07, 6.45) is 6.38. The van der Waals surface area contributed by atoms with Crippen molar-refractivity contribution in [3.63, 3.8) is 0 Å². The van der Waals surface area contributed by atoms with Crippen molar-refractivity contribution in [2.45, 2.75) is 33.1 Å². The molecule has 0 spiro atoms. The van der Waals surface area contributed by atoms with Crippen LogP contribution in [0.15, 0.2) is 48.5 Å². The molecule has 0 radical (unpaired) electrons.